The predicted molar refractivity (Wildman–Crippen MR) is 117 cm³/mol. The molecule has 1 aromatic heterocycles. The molecule has 0 radical (unpaired) electrons. The molecule has 150 valence electrons. The van der Waals surface area contributed by atoms with E-state index in [1.165, 1.54) is 5.56 Å². The van der Waals surface area contributed by atoms with Gasteiger partial charge in [0.15, 0.2) is 0 Å². The molecule has 30 heavy (non-hydrogen) atoms. The van der Waals surface area contributed by atoms with Crippen LogP contribution in [-0.4, -0.2) is 46.1 Å². The van der Waals surface area contributed by atoms with Gasteiger partial charge in [0.05, 0.1) is 23.0 Å². The Morgan fingerprint density at radius 1 is 1.03 bits per heavy atom. The van der Waals surface area contributed by atoms with E-state index in [-0.39, 0.29) is 11.8 Å². The van der Waals surface area contributed by atoms with Crippen LogP contribution in [0.3, 0.4) is 0 Å². The molecule has 0 saturated heterocycles. The second kappa shape index (κ2) is 6.99. The van der Waals surface area contributed by atoms with Gasteiger partial charge in [-0.15, -0.1) is 10.2 Å². The standard InChI is InChI=1S/C23H23N7/c1-15-13-29(20-7-4-17(11-24)5-8-20)22-10-18(19-12-25-28(3)14-19)6-9-21(22)30-16(2)26-27-23(15)30/h4-10,12,15,19H,13-14H2,1-3H3/t15-,19?/m1/s1. The number of likely N-dealkylation sites (N-methyl/N-ethyl adjacent to an activating group) is 1. The van der Waals surface area contributed by atoms with E-state index >= 15 is 0 Å². The van der Waals surface area contributed by atoms with Gasteiger partial charge in [0, 0.05) is 43.9 Å². The lowest BCUT2D eigenvalue weighted by Gasteiger charge is -2.27. The normalized spacial score (nSPS) is 19.9. The van der Waals surface area contributed by atoms with Gasteiger partial charge in [0.2, 0.25) is 0 Å². The number of hydrogen-bond donors (Lipinski definition) is 0. The Hall–Kier alpha value is -3.66. The molecule has 5 rings (SSSR count). The minimum Gasteiger partial charge on any atom is -0.339 e. The Morgan fingerprint density at radius 3 is 2.53 bits per heavy atom. The number of aromatic nitrogens is 3. The first-order chi connectivity index (χ1) is 14.5. The van der Waals surface area contributed by atoms with Crippen LogP contribution >= 0.6 is 0 Å². The highest BCUT2D eigenvalue weighted by Gasteiger charge is 2.29. The van der Waals surface area contributed by atoms with E-state index < -0.39 is 0 Å². The second-order valence-electron chi connectivity index (χ2n) is 8.07. The van der Waals surface area contributed by atoms with Crippen LogP contribution in [0.4, 0.5) is 11.4 Å². The van der Waals surface area contributed by atoms with E-state index in [2.05, 4.69) is 56.0 Å². The minimum atomic E-state index is 0.192. The van der Waals surface area contributed by atoms with Crippen molar-refractivity contribution in [2.45, 2.75) is 25.7 Å². The van der Waals surface area contributed by atoms with Crippen molar-refractivity contribution >= 4 is 17.6 Å². The Balaban J connectivity index is 1.68. The van der Waals surface area contributed by atoms with Crippen molar-refractivity contribution < 1.29 is 0 Å². The molecule has 2 aromatic carbocycles. The largest absolute Gasteiger partial charge is 0.339 e. The van der Waals surface area contributed by atoms with Crippen molar-refractivity contribution in [2.24, 2.45) is 5.10 Å². The zero-order chi connectivity index (χ0) is 20.8. The van der Waals surface area contributed by atoms with Crippen LogP contribution in [-0.2, 0) is 0 Å². The fourth-order valence-electron chi connectivity index (χ4n) is 4.35. The van der Waals surface area contributed by atoms with Crippen LogP contribution in [0.15, 0.2) is 47.6 Å². The minimum absolute atomic E-state index is 0.192. The van der Waals surface area contributed by atoms with E-state index in [9.17, 15) is 5.26 Å². The van der Waals surface area contributed by atoms with Gasteiger partial charge in [-0.25, -0.2) is 0 Å². The van der Waals surface area contributed by atoms with Gasteiger partial charge >= 0.3 is 0 Å². The van der Waals surface area contributed by atoms with Crippen LogP contribution in [0.1, 0.15) is 41.5 Å². The average molecular weight is 397 g/mol. The molecular formula is C23H23N7. The number of hydrogen-bond acceptors (Lipinski definition) is 6. The average Bonchev–Trinajstić information content (AvgIpc) is 3.34. The molecule has 0 spiro atoms. The maximum Gasteiger partial charge on any atom is 0.142 e. The first-order valence-electron chi connectivity index (χ1n) is 10.1. The van der Waals surface area contributed by atoms with Crippen LogP contribution in [0.25, 0.3) is 5.69 Å². The Morgan fingerprint density at radius 2 is 1.83 bits per heavy atom. The molecule has 1 unspecified atom stereocenters. The molecule has 0 bridgehead atoms. The fourth-order valence-corrected chi connectivity index (χ4v) is 4.35. The summed E-state index contributed by atoms with van der Waals surface area (Å²) < 4.78 is 2.17. The summed E-state index contributed by atoms with van der Waals surface area (Å²) in [4.78, 5) is 2.33. The van der Waals surface area contributed by atoms with E-state index in [0.717, 1.165) is 41.8 Å². The quantitative estimate of drug-likeness (QED) is 0.659. The van der Waals surface area contributed by atoms with Gasteiger partial charge in [-0.3, -0.25) is 9.58 Å². The lowest BCUT2D eigenvalue weighted by Crippen LogP contribution is -2.22. The number of benzene rings is 2. The lowest BCUT2D eigenvalue weighted by atomic mass is 9.99. The number of anilines is 2. The molecule has 2 atom stereocenters. The van der Waals surface area contributed by atoms with Crippen LogP contribution in [0.2, 0.25) is 0 Å². The van der Waals surface area contributed by atoms with Gasteiger partial charge in [-0.2, -0.15) is 10.4 Å². The van der Waals surface area contributed by atoms with Gasteiger partial charge in [0.25, 0.3) is 0 Å². The zero-order valence-corrected chi connectivity index (χ0v) is 17.3. The molecule has 2 aliphatic rings. The zero-order valence-electron chi connectivity index (χ0n) is 17.3. The summed E-state index contributed by atoms with van der Waals surface area (Å²) in [5, 5.41) is 24.4. The summed E-state index contributed by atoms with van der Waals surface area (Å²) in [7, 11) is 2.00. The topological polar surface area (TPSA) is 73.3 Å². The van der Waals surface area contributed by atoms with E-state index in [1.807, 2.05) is 49.5 Å². The highest BCUT2D eigenvalue weighted by atomic mass is 15.4. The highest BCUT2D eigenvalue weighted by Crippen LogP contribution is 2.39. The Labute approximate surface area is 175 Å². The molecule has 3 aromatic rings. The molecule has 3 heterocycles. The van der Waals surface area contributed by atoms with E-state index in [4.69, 9.17) is 0 Å². The number of fused-ring (bicyclic) bond motifs is 3. The molecule has 2 aliphatic heterocycles. The van der Waals surface area contributed by atoms with Gasteiger partial charge < -0.3 is 4.90 Å². The van der Waals surface area contributed by atoms with Crippen molar-refractivity contribution in [2.75, 3.05) is 25.0 Å². The van der Waals surface area contributed by atoms with Crippen molar-refractivity contribution in [3.8, 4) is 11.8 Å². The monoisotopic (exact) mass is 397 g/mol. The van der Waals surface area contributed by atoms with E-state index in [0.29, 0.717) is 5.56 Å². The molecule has 7 heteroatoms. The van der Waals surface area contributed by atoms with Gasteiger partial charge in [0.1, 0.15) is 11.6 Å². The van der Waals surface area contributed by atoms with Crippen LogP contribution in [0, 0.1) is 18.3 Å². The maximum atomic E-state index is 9.19. The van der Waals surface area contributed by atoms with E-state index in [1.54, 1.807) is 0 Å². The number of nitrogens with zero attached hydrogens (tertiary/aromatic N) is 7. The third-order valence-corrected chi connectivity index (χ3v) is 5.92. The molecule has 0 fully saturated rings. The number of nitriles is 1. The molecular weight excluding hydrogens is 374 g/mol. The summed E-state index contributed by atoms with van der Waals surface area (Å²) in [6.45, 7) is 5.83. The smallest absolute Gasteiger partial charge is 0.142 e. The summed E-state index contributed by atoms with van der Waals surface area (Å²) in [5.41, 5.74) is 5.16. The summed E-state index contributed by atoms with van der Waals surface area (Å²) >= 11 is 0. The summed E-state index contributed by atoms with van der Waals surface area (Å²) in [6, 6.07) is 16.6. The SMILES string of the molecule is Cc1nnc2n1-c1ccc(C3C=NN(C)C3)cc1N(c1ccc(C#N)cc1)C[C@H]2C. The van der Waals surface area contributed by atoms with Crippen molar-refractivity contribution in [3.63, 3.8) is 0 Å². The van der Waals surface area contributed by atoms with Crippen molar-refractivity contribution in [3.05, 3.63) is 65.2 Å². The molecule has 7 nitrogen and oxygen atoms in total. The van der Waals surface area contributed by atoms with Crippen molar-refractivity contribution in [1.82, 2.24) is 19.8 Å². The van der Waals surface area contributed by atoms with Crippen LogP contribution < -0.4 is 4.90 Å². The molecule has 0 saturated carbocycles. The first kappa shape index (κ1) is 18.4. The third-order valence-electron chi connectivity index (χ3n) is 5.92. The molecule has 0 amide bonds. The summed E-state index contributed by atoms with van der Waals surface area (Å²) in [5.74, 6) is 2.32. The number of aryl methyl sites for hydroxylation is 1. The Bertz CT molecular complexity index is 1170. The maximum absolute atomic E-state index is 9.19. The third kappa shape index (κ3) is 2.92. The Kier molecular flexibility index (Phi) is 4.28. The number of hydrazone groups is 1. The number of rotatable bonds is 2. The molecule has 0 N–H and O–H groups in total. The van der Waals surface area contributed by atoms with Gasteiger partial charge in [-0.05, 0) is 48.9 Å². The van der Waals surface area contributed by atoms with Crippen molar-refractivity contribution in [1.29, 1.82) is 5.26 Å². The predicted octanol–water partition coefficient (Wildman–Crippen LogP) is 3.72. The lowest BCUT2D eigenvalue weighted by molar-refractivity contribution is 0.381. The van der Waals surface area contributed by atoms with Gasteiger partial charge in [-0.1, -0.05) is 13.0 Å². The fraction of sp³-hybridized carbons (Fsp3) is 0.304. The second-order valence-corrected chi connectivity index (χ2v) is 8.07. The molecule has 0 aliphatic carbocycles. The first-order valence-corrected chi connectivity index (χ1v) is 10.1. The van der Waals surface area contributed by atoms with Crippen LogP contribution in [0.5, 0.6) is 0 Å². The summed E-state index contributed by atoms with van der Waals surface area (Å²) in [6.07, 6.45) is 2.02. The highest BCUT2D eigenvalue weighted by molar-refractivity contribution is 5.77.